The molecule has 0 fully saturated rings. The van der Waals surface area contributed by atoms with E-state index in [-0.39, 0.29) is 0 Å². The van der Waals surface area contributed by atoms with Crippen LogP contribution in [0.3, 0.4) is 0 Å². The summed E-state index contributed by atoms with van der Waals surface area (Å²) in [7, 11) is 1.74. The molecule has 0 saturated heterocycles. The van der Waals surface area contributed by atoms with Gasteiger partial charge in [-0.25, -0.2) is 20.4 Å². The van der Waals surface area contributed by atoms with Gasteiger partial charge in [-0.15, -0.1) is 5.12 Å². The van der Waals surface area contributed by atoms with Crippen molar-refractivity contribution in [2.45, 2.75) is 6.29 Å². The molecule has 18 heavy (non-hydrogen) atoms. The Morgan fingerprint density at radius 2 is 2.17 bits per heavy atom. The quantitative estimate of drug-likeness (QED) is 0.607. The lowest BCUT2D eigenvalue weighted by atomic mass is 10.2. The molecule has 1 aliphatic rings. The van der Waals surface area contributed by atoms with Crippen LogP contribution in [0.5, 0.6) is 0 Å². The minimum Gasteiger partial charge on any atom is -0.295 e. The monoisotopic (exact) mass is 262 g/mol. The van der Waals surface area contributed by atoms with Gasteiger partial charge in [0, 0.05) is 13.3 Å². The second-order valence-electron chi connectivity index (χ2n) is 3.53. The smallest absolute Gasteiger partial charge is 0.244 e. The maximum absolute atomic E-state index is 5.81. The van der Waals surface area contributed by atoms with Crippen LogP contribution in [0, 0.1) is 0 Å². The number of aliphatic imine (C=N–C) groups is 2. The Labute approximate surface area is 111 Å². The van der Waals surface area contributed by atoms with E-state index in [1.807, 2.05) is 30.3 Å². The van der Waals surface area contributed by atoms with Gasteiger partial charge >= 0.3 is 0 Å². The Hall–Kier alpha value is -1.67. The van der Waals surface area contributed by atoms with E-state index < -0.39 is 6.29 Å². The molecule has 0 spiro atoms. The third-order valence-electron chi connectivity index (χ3n) is 2.39. The fraction of sp³-hybridized carbons (Fsp3) is 0.182. The number of nitrogens with zero attached hydrogens (tertiary/aromatic N) is 4. The molecule has 0 aliphatic carbocycles. The molecule has 1 atom stereocenters. The van der Waals surface area contributed by atoms with E-state index in [4.69, 9.17) is 18.0 Å². The molecule has 1 unspecified atom stereocenters. The summed E-state index contributed by atoms with van der Waals surface area (Å²) in [6.45, 7) is 0. The lowest BCUT2D eigenvalue weighted by Crippen LogP contribution is -2.53. The van der Waals surface area contributed by atoms with Gasteiger partial charge < -0.3 is 0 Å². The molecule has 1 aliphatic heterocycles. The summed E-state index contributed by atoms with van der Waals surface area (Å²) in [6.07, 6.45) is 1.19. The molecule has 94 valence electrons. The topological polar surface area (TPSA) is 69.2 Å². The Morgan fingerprint density at radius 1 is 1.44 bits per heavy atom. The largest absolute Gasteiger partial charge is 0.295 e. The number of rotatable bonds is 3. The third kappa shape index (κ3) is 2.59. The van der Waals surface area contributed by atoms with Crippen molar-refractivity contribution in [1.29, 1.82) is 0 Å². The molecule has 1 heterocycles. The second kappa shape index (κ2) is 5.78. The van der Waals surface area contributed by atoms with Gasteiger partial charge in [0.25, 0.3) is 0 Å². The fourth-order valence-corrected chi connectivity index (χ4v) is 1.75. The van der Waals surface area contributed by atoms with E-state index in [1.54, 1.807) is 23.4 Å². The molecule has 3 N–H and O–H groups in total. The summed E-state index contributed by atoms with van der Waals surface area (Å²) in [5.41, 5.74) is 11.1. The molecule has 1 aromatic rings. The normalized spacial score (nSPS) is 20.4. The van der Waals surface area contributed by atoms with Crippen LogP contribution in [0.4, 0.5) is 0 Å². The van der Waals surface area contributed by atoms with Gasteiger partial charge in [0.1, 0.15) is 0 Å². The maximum atomic E-state index is 5.81. The summed E-state index contributed by atoms with van der Waals surface area (Å²) in [5, 5.41) is 3.17. The molecule has 6 nitrogen and oxygen atoms in total. The van der Waals surface area contributed by atoms with Crippen LogP contribution in [0.15, 0.2) is 40.3 Å². The molecule has 0 bridgehead atoms. The van der Waals surface area contributed by atoms with Crippen molar-refractivity contribution in [2.24, 2.45) is 15.7 Å². The average Bonchev–Trinajstić information content (AvgIpc) is 2.72. The van der Waals surface area contributed by atoms with E-state index in [1.165, 1.54) is 5.49 Å². The first-order valence-electron chi connectivity index (χ1n) is 5.40. The van der Waals surface area contributed by atoms with Crippen molar-refractivity contribution in [1.82, 2.24) is 15.6 Å². The van der Waals surface area contributed by atoms with Crippen molar-refractivity contribution in [3.8, 4) is 0 Å². The molecule has 0 aromatic heterocycles. The standard InChI is InChI=1S/C11H14N6S/c1-13-17-10(12)15-11(16(17)8-18)14-7-9-5-3-2-4-6-9/h2-8,10,13H,12H2,1H3. The number of guanidine groups is 1. The number of nitrogens with one attached hydrogen (secondary N) is 1. The predicted molar refractivity (Wildman–Crippen MR) is 75.8 cm³/mol. The Kier molecular flexibility index (Phi) is 4.11. The predicted octanol–water partition coefficient (Wildman–Crippen LogP) is 0.328. The number of nitrogens with two attached hydrogens (primary N) is 1. The van der Waals surface area contributed by atoms with Crippen LogP contribution in [0.1, 0.15) is 5.56 Å². The lowest BCUT2D eigenvalue weighted by molar-refractivity contribution is 0.0398. The summed E-state index contributed by atoms with van der Waals surface area (Å²) in [5.74, 6) is 0.454. The zero-order chi connectivity index (χ0) is 13.0. The van der Waals surface area contributed by atoms with Crippen LogP contribution < -0.4 is 11.2 Å². The fourth-order valence-electron chi connectivity index (χ4n) is 1.56. The highest BCUT2D eigenvalue weighted by molar-refractivity contribution is 7.78. The van der Waals surface area contributed by atoms with Gasteiger partial charge in [0.15, 0.2) is 6.29 Å². The van der Waals surface area contributed by atoms with E-state index >= 15 is 0 Å². The third-order valence-corrected chi connectivity index (χ3v) is 2.59. The molecular formula is C11H14N6S. The highest BCUT2D eigenvalue weighted by atomic mass is 32.1. The van der Waals surface area contributed by atoms with Gasteiger partial charge in [-0.05, 0) is 5.56 Å². The van der Waals surface area contributed by atoms with Crippen LogP contribution in [0.25, 0.3) is 0 Å². The lowest BCUT2D eigenvalue weighted by Gasteiger charge is -2.25. The van der Waals surface area contributed by atoms with Crippen molar-refractivity contribution in [3.05, 3.63) is 35.9 Å². The number of hydrazine groups is 2. The zero-order valence-electron chi connectivity index (χ0n) is 9.89. The average molecular weight is 262 g/mol. The molecule has 0 radical (unpaired) electrons. The number of hydrogen-bond acceptors (Lipinski definition) is 6. The number of benzene rings is 1. The highest BCUT2D eigenvalue weighted by Crippen LogP contribution is 2.09. The van der Waals surface area contributed by atoms with Gasteiger partial charge in [-0.1, -0.05) is 42.5 Å². The van der Waals surface area contributed by atoms with Crippen LogP contribution in [-0.2, 0) is 0 Å². The van der Waals surface area contributed by atoms with Crippen LogP contribution >= 0.6 is 12.2 Å². The van der Waals surface area contributed by atoms with E-state index in [0.717, 1.165) is 5.56 Å². The Morgan fingerprint density at radius 3 is 2.78 bits per heavy atom. The maximum Gasteiger partial charge on any atom is 0.244 e. The first-order chi connectivity index (χ1) is 8.76. The molecule has 7 heteroatoms. The second-order valence-corrected chi connectivity index (χ2v) is 3.74. The Bertz CT molecular complexity index is 472. The number of thiocarbonyl (C=S) groups is 1. The van der Waals surface area contributed by atoms with E-state index in [0.29, 0.717) is 5.96 Å². The van der Waals surface area contributed by atoms with E-state index in [9.17, 15) is 0 Å². The van der Waals surface area contributed by atoms with Crippen LogP contribution in [-0.4, -0.2) is 41.1 Å². The van der Waals surface area contributed by atoms with Gasteiger partial charge in [-0.2, -0.15) is 0 Å². The first-order valence-corrected chi connectivity index (χ1v) is 5.87. The number of hydrogen-bond donors (Lipinski definition) is 2. The Balaban J connectivity index is 2.16. The summed E-state index contributed by atoms with van der Waals surface area (Å²) >= 11 is 4.93. The van der Waals surface area contributed by atoms with Gasteiger partial charge in [0.2, 0.25) is 5.96 Å². The van der Waals surface area contributed by atoms with Crippen molar-refractivity contribution in [2.75, 3.05) is 7.05 Å². The van der Waals surface area contributed by atoms with Gasteiger partial charge in [-0.3, -0.25) is 5.73 Å². The minimum absolute atomic E-state index is 0.454. The minimum atomic E-state index is -0.530. The molecular weight excluding hydrogens is 248 g/mol. The molecule has 2 rings (SSSR count). The summed E-state index contributed by atoms with van der Waals surface area (Å²) in [4.78, 5) is 8.48. The molecule has 0 amide bonds. The summed E-state index contributed by atoms with van der Waals surface area (Å²) < 4.78 is 0. The molecule has 0 saturated carbocycles. The van der Waals surface area contributed by atoms with Crippen LogP contribution in [0.2, 0.25) is 0 Å². The highest BCUT2D eigenvalue weighted by Gasteiger charge is 2.29. The molecule has 1 aromatic carbocycles. The van der Waals surface area contributed by atoms with E-state index in [2.05, 4.69) is 15.4 Å². The summed E-state index contributed by atoms with van der Waals surface area (Å²) in [6, 6.07) is 9.75. The SMILES string of the molecule is CNN1C(N)N=C(N=Cc2ccccc2)N1C=S. The van der Waals surface area contributed by atoms with Gasteiger partial charge in [0.05, 0.1) is 5.49 Å². The first kappa shape index (κ1) is 12.8. The van der Waals surface area contributed by atoms with Crippen molar-refractivity contribution >= 4 is 29.9 Å². The zero-order valence-corrected chi connectivity index (χ0v) is 10.7. The van der Waals surface area contributed by atoms with Crippen molar-refractivity contribution < 1.29 is 0 Å². The van der Waals surface area contributed by atoms with Crippen molar-refractivity contribution in [3.63, 3.8) is 0 Å².